The van der Waals surface area contributed by atoms with E-state index in [4.69, 9.17) is 16.3 Å². The van der Waals surface area contributed by atoms with Crippen molar-refractivity contribution in [3.63, 3.8) is 0 Å². The molecule has 0 aliphatic carbocycles. The van der Waals surface area contributed by atoms with Crippen LogP contribution < -0.4 is 10.1 Å². The lowest BCUT2D eigenvalue weighted by Crippen LogP contribution is -2.13. The van der Waals surface area contributed by atoms with Crippen LogP contribution in [0.25, 0.3) is 0 Å². The SMILES string of the molecule is CCNCc1cc(F)cnc1Oc1c(C)cc(Cl)cc1C. The summed E-state index contributed by atoms with van der Waals surface area (Å²) in [6.45, 7) is 7.11. The molecule has 1 heterocycles. The first kappa shape index (κ1) is 15.7. The molecule has 2 aromatic rings. The molecule has 0 spiro atoms. The number of hydrogen-bond acceptors (Lipinski definition) is 3. The Morgan fingerprint density at radius 3 is 2.52 bits per heavy atom. The number of ether oxygens (including phenoxy) is 1. The van der Waals surface area contributed by atoms with E-state index in [0.717, 1.165) is 23.9 Å². The number of nitrogens with one attached hydrogen (secondary N) is 1. The third kappa shape index (κ3) is 3.93. The molecule has 112 valence electrons. The number of aryl methyl sites for hydroxylation is 2. The van der Waals surface area contributed by atoms with Crippen LogP contribution in [0.1, 0.15) is 23.6 Å². The summed E-state index contributed by atoms with van der Waals surface area (Å²) in [6, 6.07) is 5.10. The molecule has 1 aromatic carbocycles. The van der Waals surface area contributed by atoms with E-state index in [1.165, 1.54) is 6.07 Å². The van der Waals surface area contributed by atoms with Crippen LogP contribution in [0.5, 0.6) is 11.6 Å². The molecule has 0 bridgehead atoms. The van der Waals surface area contributed by atoms with Crippen LogP contribution in [0.3, 0.4) is 0 Å². The summed E-state index contributed by atoms with van der Waals surface area (Å²) in [5, 5.41) is 3.81. The zero-order valence-corrected chi connectivity index (χ0v) is 13.1. The van der Waals surface area contributed by atoms with E-state index in [9.17, 15) is 4.39 Å². The second kappa shape index (κ2) is 6.87. The van der Waals surface area contributed by atoms with Crippen LogP contribution in [0.2, 0.25) is 5.02 Å². The minimum Gasteiger partial charge on any atom is -0.438 e. The Morgan fingerprint density at radius 1 is 1.24 bits per heavy atom. The number of hydrogen-bond donors (Lipinski definition) is 1. The number of nitrogens with zero attached hydrogens (tertiary/aromatic N) is 1. The maximum atomic E-state index is 13.4. The molecule has 0 radical (unpaired) electrons. The van der Waals surface area contributed by atoms with Crippen molar-refractivity contribution in [3.05, 3.63) is 51.9 Å². The normalized spacial score (nSPS) is 10.7. The molecule has 1 N–H and O–H groups in total. The fourth-order valence-electron chi connectivity index (χ4n) is 2.10. The summed E-state index contributed by atoms with van der Waals surface area (Å²) in [5.41, 5.74) is 2.52. The van der Waals surface area contributed by atoms with Crippen molar-refractivity contribution in [1.82, 2.24) is 10.3 Å². The molecule has 0 atom stereocenters. The quantitative estimate of drug-likeness (QED) is 0.889. The second-order valence-electron chi connectivity index (χ2n) is 4.87. The van der Waals surface area contributed by atoms with Gasteiger partial charge in [0.1, 0.15) is 11.6 Å². The summed E-state index contributed by atoms with van der Waals surface area (Å²) in [5.74, 6) is 0.738. The zero-order valence-electron chi connectivity index (χ0n) is 12.3. The lowest BCUT2D eigenvalue weighted by atomic mass is 10.1. The maximum absolute atomic E-state index is 13.4. The summed E-state index contributed by atoms with van der Waals surface area (Å²) in [4.78, 5) is 4.06. The first-order valence-electron chi connectivity index (χ1n) is 6.81. The first-order chi connectivity index (χ1) is 10.0. The largest absolute Gasteiger partial charge is 0.438 e. The van der Waals surface area contributed by atoms with Crippen LogP contribution in [0.15, 0.2) is 24.4 Å². The average Bonchev–Trinajstić information content (AvgIpc) is 2.42. The molecule has 0 unspecified atom stereocenters. The minimum absolute atomic E-state index is 0.375. The molecular weight excluding hydrogens is 291 g/mol. The number of halogens is 2. The number of rotatable bonds is 5. The predicted octanol–water partition coefficient (Wildman–Crippen LogP) is 4.39. The van der Waals surface area contributed by atoms with Gasteiger partial charge in [0, 0.05) is 17.1 Å². The van der Waals surface area contributed by atoms with Crippen molar-refractivity contribution >= 4 is 11.6 Å². The molecule has 2 rings (SSSR count). The van der Waals surface area contributed by atoms with E-state index in [0.29, 0.717) is 28.8 Å². The van der Waals surface area contributed by atoms with Crippen LogP contribution in [-0.4, -0.2) is 11.5 Å². The van der Waals surface area contributed by atoms with Gasteiger partial charge in [-0.1, -0.05) is 18.5 Å². The van der Waals surface area contributed by atoms with Crippen molar-refractivity contribution in [2.75, 3.05) is 6.54 Å². The van der Waals surface area contributed by atoms with Crippen LogP contribution in [-0.2, 0) is 6.54 Å². The number of pyridine rings is 1. The summed E-state index contributed by atoms with van der Waals surface area (Å²) in [6.07, 6.45) is 1.16. The molecule has 0 aliphatic heterocycles. The number of benzene rings is 1. The highest BCUT2D eigenvalue weighted by molar-refractivity contribution is 6.30. The van der Waals surface area contributed by atoms with Gasteiger partial charge in [-0.3, -0.25) is 0 Å². The number of aromatic nitrogens is 1. The Balaban J connectivity index is 2.35. The van der Waals surface area contributed by atoms with Gasteiger partial charge in [0.05, 0.1) is 6.20 Å². The maximum Gasteiger partial charge on any atom is 0.223 e. The molecule has 1 aromatic heterocycles. The van der Waals surface area contributed by atoms with Gasteiger partial charge in [0.15, 0.2) is 0 Å². The fourth-order valence-corrected chi connectivity index (χ4v) is 2.43. The van der Waals surface area contributed by atoms with Crippen molar-refractivity contribution in [2.45, 2.75) is 27.3 Å². The molecular formula is C16H18ClFN2O. The second-order valence-corrected chi connectivity index (χ2v) is 5.31. The lowest BCUT2D eigenvalue weighted by Gasteiger charge is -2.14. The molecule has 0 amide bonds. The van der Waals surface area contributed by atoms with E-state index in [1.54, 1.807) is 0 Å². The van der Waals surface area contributed by atoms with Gasteiger partial charge in [0.2, 0.25) is 5.88 Å². The third-order valence-electron chi connectivity index (χ3n) is 3.08. The predicted molar refractivity (Wildman–Crippen MR) is 82.6 cm³/mol. The van der Waals surface area contributed by atoms with Gasteiger partial charge in [-0.05, 0) is 49.7 Å². The summed E-state index contributed by atoms with van der Waals surface area (Å²) >= 11 is 6.02. The van der Waals surface area contributed by atoms with E-state index < -0.39 is 0 Å². The van der Waals surface area contributed by atoms with Crippen LogP contribution in [0.4, 0.5) is 4.39 Å². The Hall–Kier alpha value is -1.65. The Morgan fingerprint density at radius 2 is 1.90 bits per heavy atom. The molecule has 3 nitrogen and oxygen atoms in total. The smallest absolute Gasteiger partial charge is 0.223 e. The van der Waals surface area contributed by atoms with Gasteiger partial charge in [-0.15, -0.1) is 0 Å². The highest BCUT2D eigenvalue weighted by atomic mass is 35.5. The summed E-state index contributed by atoms with van der Waals surface area (Å²) < 4.78 is 19.3. The Labute approximate surface area is 129 Å². The van der Waals surface area contributed by atoms with E-state index >= 15 is 0 Å². The topological polar surface area (TPSA) is 34.2 Å². The van der Waals surface area contributed by atoms with Crippen LogP contribution >= 0.6 is 11.6 Å². The van der Waals surface area contributed by atoms with E-state index in [2.05, 4.69) is 10.3 Å². The van der Waals surface area contributed by atoms with Crippen LogP contribution in [0, 0.1) is 19.7 Å². The standard InChI is InChI=1S/C16H18ClFN2O/c1-4-19-8-12-7-14(18)9-20-16(12)21-15-10(2)5-13(17)6-11(15)3/h5-7,9,19H,4,8H2,1-3H3. The Bertz CT molecular complexity index is 623. The highest BCUT2D eigenvalue weighted by Crippen LogP contribution is 2.32. The first-order valence-corrected chi connectivity index (χ1v) is 7.18. The monoisotopic (exact) mass is 308 g/mol. The van der Waals surface area contributed by atoms with E-state index in [1.807, 2.05) is 32.9 Å². The molecule has 0 saturated heterocycles. The highest BCUT2D eigenvalue weighted by Gasteiger charge is 2.12. The molecule has 0 saturated carbocycles. The van der Waals surface area contributed by atoms with Gasteiger partial charge in [-0.25, -0.2) is 9.37 Å². The fraction of sp³-hybridized carbons (Fsp3) is 0.312. The van der Waals surface area contributed by atoms with Crippen molar-refractivity contribution in [3.8, 4) is 11.6 Å². The lowest BCUT2D eigenvalue weighted by molar-refractivity contribution is 0.443. The minimum atomic E-state index is -0.375. The molecule has 0 fully saturated rings. The average molecular weight is 309 g/mol. The van der Waals surface area contributed by atoms with Crippen molar-refractivity contribution in [2.24, 2.45) is 0 Å². The van der Waals surface area contributed by atoms with Crippen molar-refractivity contribution < 1.29 is 9.13 Å². The van der Waals surface area contributed by atoms with Gasteiger partial charge in [0.25, 0.3) is 0 Å². The molecule has 0 aliphatic rings. The zero-order chi connectivity index (χ0) is 15.4. The van der Waals surface area contributed by atoms with Gasteiger partial charge >= 0.3 is 0 Å². The molecule has 5 heteroatoms. The molecule has 21 heavy (non-hydrogen) atoms. The van der Waals surface area contributed by atoms with Gasteiger partial charge in [-0.2, -0.15) is 0 Å². The third-order valence-corrected chi connectivity index (χ3v) is 3.30. The Kier molecular flexibility index (Phi) is 5.15. The van der Waals surface area contributed by atoms with Crippen molar-refractivity contribution in [1.29, 1.82) is 0 Å². The van der Waals surface area contributed by atoms with Gasteiger partial charge < -0.3 is 10.1 Å². The summed E-state index contributed by atoms with van der Waals surface area (Å²) in [7, 11) is 0. The van der Waals surface area contributed by atoms with E-state index in [-0.39, 0.29) is 5.82 Å².